The van der Waals surface area contributed by atoms with Gasteiger partial charge in [-0.2, -0.15) is 0 Å². The zero-order valence-corrected chi connectivity index (χ0v) is 8.92. The number of nitrogens with two attached hydrogens (primary N) is 1. The summed E-state index contributed by atoms with van der Waals surface area (Å²) in [6.45, 7) is 2.88. The molecule has 0 radical (unpaired) electrons. The maximum absolute atomic E-state index is 11.6. The average molecular weight is 204 g/mol. The first kappa shape index (κ1) is 10.2. The maximum atomic E-state index is 11.6. The van der Waals surface area contributed by atoms with Crippen molar-refractivity contribution in [1.29, 1.82) is 0 Å². The van der Waals surface area contributed by atoms with Crippen LogP contribution in [0.25, 0.3) is 0 Å². The molecule has 3 N–H and O–H groups in total. The topological polar surface area (TPSA) is 55.1 Å². The highest BCUT2D eigenvalue weighted by atomic mass is 16.1. The SMILES string of the molecule is Cc1cccc(C2(C(N)=O)CCCN2)c1. The predicted octanol–water partition coefficient (Wildman–Crippen LogP) is 1.06. The minimum absolute atomic E-state index is 0.273. The molecule has 1 unspecified atom stereocenters. The van der Waals surface area contributed by atoms with Crippen molar-refractivity contribution >= 4 is 5.91 Å². The number of hydrogen-bond acceptors (Lipinski definition) is 2. The molecule has 1 heterocycles. The summed E-state index contributed by atoms with van der Waals surface area (Å²) in [4.78, 5) is 11.6. The first-order valence-electron chi connectivity index (χ1n) is 5.27. The van der Waals surface area contributed by atoms with Crippen LogP contribution < -0.4 is 11.1 Å². The summed E-state index contributed by atoms with van der Waals surface area (Å²) >= 11 is 0. The molecule has 1 fully saturated rings. The van der Waals surface area contributed by atoms with Gasteiger partial charge in [-0.25, -0.2) is 0 Å². The number of carbonyl (C=O) groups excluding carboxylic acids is 1. The summed E-state index contributed by atoms with van der Waals surface area (Å²) in [6, 6.07) is 7.99. The summed E-state index contributed by atoms with van der Waals surface area (Å²) in [6.07, 6.45) is 1.79. The molecule has 1 aliphatic rings. The molecule has 80 valence electrons. The number of primary amides is 1. The van der Waals surface area contributed by atoms with Gasteiger partial charge in [-0.15, -0.1) is 0 Å². The number of rotatable bonds is 2. The van der Waals surface area contributed by atoms with Gasteiger partial charge in [0, 0.05) is 0 Å². The van der Waals surface area contributed by atoms with Gasteiger partial charge in [-0.3, -0.25) is 10.1 Å². The molecule has 3 heteroatoms. The average Bonchev–Trinajstić information content (AvgIpc) is 2.67. The Labute approximate surface area is 89.7 Å². The first-order chi connectivity index (χ1) is 7.15. The molecule has 0 aromatic heterocycles. The molecule has 0 aliphatic carbocycles. The van der Waals surface area contributed by atoms with Crippen molar-refractivity contribution in [3.05, 3.63) is 35.4 Å². The second kappa shape index (κ2) is 3.66. The minimum Gasteiger partial charge on any atom is -0.368 e. The number of carbonyl (C=O) groups is 1. The van der Waals surface area contributed by atoms with E-state index in [1.165, 1.54) is 0 Å². The third-order valence-electron chi connectivity index (χ3n) is 3.09. The minimum atomic E-state index is -0.633. The zero-order valence-electron chi connectivity index (χ0n) is 8.92. The van der Waals surface area contributed by atoms with Gasteiger partial charge in [0.2, 0.25) is 5.91 Å². The molecule has 0 spiro atoms. The second-order valence-electron chi connectivity index (χ2n) is 4.17. The van der Waals surface area contributed by atoms with E-state index in [4.69, 9.17) is 5.73 Å². The third-order valence-corrected chi connectivity index (χ3v) is 3.09. The van der Waals surface area contributed by atoms with Crippen molar-refractivity contribution in [1.82, 2.24) is 5.32 Å². The smallest absolute Gasteiger partial charge is 0.242 e. The lowest BCUT2D eigenvalue weighted by Crippen LogP contribution is -2.48. The molecular formula is C12H16N2O. The summed E-state index contributed by atoms with van der Waals surface area (Å²) in [5.74, 6) is -0.273. The molecule has 1 aromatic rings. The van der Waals surface area contributed by atoms with E-state index < -0.39 is 5.54 Å². The van der Waals surface area contributed by atoms with Gasteiger partial charge >= 0.3 is 0 Å². The molecule has 1 amide bonds. The van der Waals surface area contributed by atoms with Crippen LogP contribution in [-0.2, 0) is 10.3 Å². The van der Waals surface area contributed by atoms with E-state index in [2.05, 4.69) is 5.32 Å². The van der Waals surface area contributed by atoms with Crippen molar-refractivity contribution in [2.45, 2.75) is 25.3 Å². The second-order valence-corrected chi connectivity index (χ2v) is 4.17. The highest BCUT2D eigenvalue weighted by molar-refractivity contribution is 5.86. The van der Waals surface area contributed by atoms with E-state index in [0.29, 0.717) is 0 Å². The number of hydrogen-bond donors (Lipinski definition) is 2. The number of amides is 1. The monoisotopic (exact) mass is 204 g/mol. The Morgan fingerprint density at radius 2 is 2.33 bits per heavy atom. The zero-order chi connectivity index (χ0) is 10.9. The first-order valence-corrected chi connectivity index (χ1v) is 5.27. The van der Waals surface area contributed by atoms with E-state index in [1.54, 1.807) is 0 Å². The van der Waals surface area contributed by atoms with Crippen LogP contribution in [0, 0.1) is 6.92 Å². The molecule has 2 rings (SSSR count). The van der Waals surface area contributed by atoms with E-state index in [1.807, 2.05) is 31.2 Å². The van der Waals surface area contributed by atoms with Crippen molar-refractivity contribution in [2.75, 3.05) is 6.54 Å². The normalized spacial score (nSPS) is 25.4. The Balaban J connectivity index is 2.45. The van der Waals surface area contributed by atoms with Crippen molar-refractivity contribution < 1.29 is 4.79 Å². The van der Waals surface area contributed by atoms with Gasteiger partial charge in [0.05, 0.1) is 0 Å². The predicted molar refractivity (Wildman–Crippen MR) is 59.3 cm³/mol. The lowest BCUT2D eigenvalue weighted by molar-refractivity contribution is -0.124. The number of benzene rings is 1. The quantitative estimate of drug-likeness (QED) is 0.756. The Morgan fingerprint density at radius 3 is 2.87 bits per heavy atom. The fraction of sp³-hybridized carbons (Fsp3) is 0.417. The van der Waals surface area contributed by atoms with Crippen molar-refractivity contribution in [3.63, 3.8) is 0 Å². The van der Waals surface area contributed by atoms with Crippen LogP contribution in [-0.4, -0.2) is 12.5 Å². The highest BCUT2D eigenvalue weighted by Gasteiger charge is 2.40. The molecule has 1 aromatic carbocycles. The van der Waals surface area contributed by atoms with Crippen LogP contribution in [0.3, 0.4) is 0 Å². The van der Waals surface area contributed by atoms with Crippen molar-refractivity contribution in [3.8, 4) is 0 Å². The Kier molecular flexibility index (Phi) is 2.49. The van der Waals surface area contributed by atoms with Gasteiger partial charge in [-0.1, -0.05) is 29.8 Å². The standard InChI is InChI=1S/C12H16N2O/c1-9-4-2-5-10(8-9)12(11(13)15)6-3-7-14-12/h2,4-5,8,14H,3,6-7H2,1H3,(H2,13,15). The van der Waals surface area contributed by atoms with Gasteiger partial charge in [0.15, 0.2) is 0 Å². The molecule has 15 heavy (non-hydrogen) atoms. The van der Waals surface area contributed by atoms with Crippen LogP contribution >= 0.6 is 0 Å². The van der Waals surface area contributed by atoms with Crippen LogP contribution in [0.1, 0.15) is 24.0 Å². The van der Waals surface area contributed by atoms with Gasteiger partial charge in [0.25, 0.3) is 0 Å². The maximum Gasteiger partial charge on any atom is 0.242 e. The Bertz CT molecular complexity index is 381. The van der Waals surface area contributed by atoms with E-state index in [-0.39, 0.29) is 5.91 Å². The fourth-order valence-corrected chi connectivity index (χ4v) is 2.25. The molecule has 1 atom stereocenters. The lowest BCUT2D eigenvalue weighted by Gasteiger charge is -2.26. The van der Waals surface area contributed by atoms with Crippen LogP contribution in [0.2, 0.25) is 0 Å². The molecule has 1 aliphatic heterocycles. The third kappa shape index (κ3) is 1.63. The molecule has 0 bridgehead atoms. The summed E-state index contributed by atoms with van der Waals surface area (Å²) < 4.78 is 0. The summed E-state index contributed by atoms with van der Waals surface area (Å²) in [5.41, 5.74) is 7.03. The fourth-order valence-electron chi connectivity index (χ4n) is 2.25. The summed E-state index contributed by atoms with van der Waals surface area (Å²) in [5, 5.41) is 3.24. The lowest BCUT2D eigenvalue weighted by atomic mass is 9.87. The molecule has 0 saturated carbocycles. The van der Waals surface area contributed by atoms with Crippen molar-refractivity contribution in [2.24, 2.45) is 5.73 Å². The molecule has 3 nitrogen and oxygen atoms in total. The Morgan fingerprint density at radius 1 is 1.53 bits per heavy atom. The van der Waals surface area contributed by atoms with Crippen LogP contribution in [0.5, 0.6) is 0 Å². The van der Waals surface area contributed by atoms with Crippen LogP contribution in [0.4, 0.5) is 0 Å². The molecule has 1 saturated heterocycles. The number of nitrogens with one attached hydrogen (secondary N) is 1. The van der Waals surface area contributed by atoms with Gasteiger partial charge < -0.3 is 5.73 Å². The largest absolute Gasteiger partial charge is 0.368 e. The van der Waals surface area contributed by atoms with Gasteiger partial charge in [-0.05, 0) is 31.9 Å². The number of aryl methyl sites for hydroxylation is 1. The van der Waals surface area contributed by atoms with E-state index in [9.17, 15) is 4.79 Å². The summed E-state index contributed by atoms with van der Waals surface area (Å²) in [7, 11) is 0. The Hall–Kier alpha value is -1.35. The molecular weight excluding hydrogens is 188 g/mol. The van der Waals surface area contributed by atoms with E-state index in [0.717, 1.165) is 30.5 Å². The highest BCUT2D eigenvalue weighted by Crippen LogP contribution is 2.30. The van der Waals surface area contributed by atoms with Gasteiger partial charge in [0.1, 0.15) is 5.54 Å². The van der Waals surface area contributed by atoms with Crippen LogP contribution in [0.15, 0.2) is 24.3 Å². The van der Waals surface area contributed by atoms with E-state index >= 15 is 0 Å².